The van der Waals surface area contributed by atoms with Gasteiger partial charge in [-0.05, 0) is 63.7 Å². The van der Waals surface area contributed by atoms with Crippen molar-refractivity contribution in [2.75, 3.05) is 13.1 Å². The summed E-state index contributed by atoms with van der Waals surface area (Å²) in [5.41, 5.74) is 2.12. The van der Waals surface area contributed by atoms with Crippen LogP contribution < -0.4 is 5.32 Å². The van der Waals surface area contributed by atoms with Gasteiger partial charge in [-0.2, -0.15) is 0 Å². The molecule has 21 heavy (non-hydrogen) atoms. The Morgan fingerprint density at radius 3 is 2.38 bits per heavy atom. The summed E-state index contributed by atoms with van der Waals surface area (Å²) < 4.78 is 4.55. The van der Waals surface area contributed by atoms with Crippen LogP contribution in [0, 0.1) is 0 Å². The maximum atomic E-state index is 9.60. The molecule has 0 aliphatic carbocycles. The van der Waals surface area contributed by atoms with Crippen LogP contribution in [0.2, 0.25) is 0 Å². The zero-order chi connectivity index (χ0) is 15.7. The summed E-state index contributed by atoms with van der Waals surface area (Å²) in [5, 5.41) is 12.6. The largest absolute Gasteiger partial charge is 0.462 e. The van der Waals surface area contributed by atoms with Gasteiger partial charge in [-0.15, -0.1) is 0 Å². The molecule has 0 unspecified atom stereocenters. The fourth-order valence-electron chi connectivity index (χ4n) is 2.35. The molecule has 2 N–H and O–H groups in total. The zero-order valence-electron chi connectivity index (χ0n) is 13.3. The Kier molecular flexibility index (Phi) is 7.40. The zero-order valence-corrected chi connectivity index (χ0v) is 13.3. The first-order valence-electron chi connectivity index (χ1n) is 7.48. The summed E-state index contributed by atoms with van der Waals surface area (Å²) in [6.45, 7) is 8.29. The van der Waals surface area contributed by atoms with Crippen molar-refractivity contribution in [3.8, 4) is 0 Å². The number of ether oxygens (including phenoxy) is 1. The summed E-state index contributed by atoms with van der Waals surface area (Å²) in [5.74, 6) is 0.639. The highest BCUT2D eigenvalue weighted by Gasteiger charge is 2.17. The van der Waals surface area contributed by atoms with E-state index in [1.54, 1.807) is 0 Å². The van der Waals surface area contributed by atoms with Gasteiger partial charge in [-0.1, -0.05) is 24.3 Å². The first-order chi connectivity index (χ1) is 9.98. The Hall–Kier alpha value is -1.39. The molecule has 1 fully saturated rings. The van der Waals surface area contributed by atoms with E-state index in [0.717, 1.165) is 18.7 Å². The minimum atomic E-state index is -0.318. The number of piperidine rings is 1. The van der Waals surface area contributed by atoms with Gasteiger partial charge in [0.2, 0.25) is 0 Å². The maximum absolute atomic E-state index is 9.60. The van der Waals surface area contributed by atoms with E-state index in [0.29, 0.717) is 12.4 Å². The number of carbonyl (C=O) groups excluding carboxylic acids is 1. The van der Waals surface area contributed by atoms with Gasteiger partial charge in [0.15, 0.2) is 0 Å². The number of aliphatic hydroxyl groups is 1. The van der Waals surface area contributed by atoms with E-state index in [4.69, 9.17) is 0 Å². The lowest BCUT2D eigenvalue weighted by Crippen LogP contribution is -2.27. The highest BCUT2D eigenvalue weighted by atomic mass is 16.5. The van der Waals surface area contributed by atoms with E-state index in [9.17, 15) is 9.90 Å². The number of nitrogens with one attached hydrogen (secondary N) is 1. The number of benzene rings is 1. The third-order valence-corrected chi connectivity index (χ3v) is 3.41. The minimum absolute atomic E-state index is 0.167. The van der Waals surface area contributed by atoms with E-state index >= 15 is 0 Å². The van der Waals surface area contributed by atoms with E-state index < -0.39 is 0 Å². The normalized spacial score (nSPS) is 15.8. The first kappa shape index (κ1) is 17.7. The number of hydrogen-bond acceptors (Lipinski definition) is 4. The van der Waals surface area contributed by atoms with Crippen LogP contribution in [0.1, 0.15) is 50.7 Å². The molecule has 0 aromatic heterocycles. The smallest absolute Gasteiger partial charge is 0.293 e. The van der Waals surface area contributed by atoms with Gasteiger partial charge in [0.25, 0.3) is 6.47 Å². The van der Waals surface area contributed by atoms with Crippen LogP contribution in [0.15, 0.2) is 24.3 Å². The molecule has 0 atom stereocenters. The van der Waals surface area contributed by atoms with Crippen molar-refractivity contribution in [1.29, 1.82) is 0 Å². The van der Waals surface area contributed by atoms with Crippen LogP contribution in [0.3, 0.4) is 0 Å². The van der Waals surface area contributed by atoms with Crippen molar-refractivity contribution in [3.63, 3.8) is 0 Å². The van der Waals surface area contributed by atoms with E-state index in [1.807, 2.05) is 32.9 Å². The van der Waals surface area contributed by atoms with Crippen molar-refractivity contribution in [2.45, 2.75) is 51.7 Å². The molecule has 0 saturated carbocycles. The van der Waals surface area contributed by atoms with Gasteiger partial charge in [0, 0.05) is 0 Å². The Morgan fingerprint density at radius 1 is 1.29 bits per heavy atom. The van der Waals surface area contributed by atoms with Gasteiger partial charge in [0.1, 0.15) is 5.60 Å². The summed E-state index contributed by atoms with van der Waals surface area (Å²) >= 11 is 0. The molecule has 0 radical (unpaired) electrons. The van der Waals surface area contributed by atoms with Gasteiger partial charge >= 0.3 is 0 Å². The fraction of sp³-hybridized carbons (Fsp3) is 0.588. The lowest BCUT2D eigenvalue weighted by atomic mass is 9.87. The molecule has 0 bridgehead atoms. The Bertz CT molecular complexity index is 420. The predicted molar refractivity (Wildman–Crippen MR) is 84.1 cm³/mol. The second-order valence-electron chi connectivity index (χ2n) is 6.21. The highest BCUT2D eigenvalue weighted by molar-refractivity contribution is 5.37. The molecule has 4 nitrogen and oxygen atoms in total. The van der Waals surface area contributed by atoms with Gasteiger partial charge in [0.05, 0.1) is 6.61 Å². The fourth-order valence-corrected chi connectivity index (χ4v) is 2.35. The molecule has 118 valence electrons. The lowest BCUT2D eigenvalue weighted by Gasteiger charge is -2.24. The number of rotatable bonds is 3. The minimum Gasteiger partial charge on any atom is -0.462 e. The van der Waals surface area contributed by atoms with Crippen LogP contribution in [-0.2, 0) is 16.1 Å². The maximum Gasteiger partial charge on any atom is 0.293 e. The summed E-state index contributed by atoms with van der Waals surface area (Å²) in [6, 6.07) is 8.24. The second kappa shape index (κ2) is 8.80. The molecular weight excluding hydrogens is 266 g/mol. The Balaban J connectivity index is 0.000000270. The molecule has 1 saturated heterocycles. The average Bonchev–Trinajstić information content (AvgIpc) is 2.47. The van der Waals surface area contributed by atoms with Gasteiger partial charge in [-0.25, -0.2) is 0 Å². The van der Waals surface area contributed by atoms with Crippen molar-refractivity contribution in [2.24, 2.45) is 0 Å². The van der Waals surface area contributed by atoms with Crippen LogP contribution in [0.25, 0.3) is 0 Å². The van der Waals surface area contributed by atoms with Crippen molar-refractivity contribution < 1.29 is 14.6 Å². The summed E-state index contributed by atoms with van der Waals surface area (Å²) in [6.07, 6.45) is 2.38. The van der Waals surface area contributed by atoms with Gasteiger partial charge < -0.3 is 15.2 Å². The van der Waals surface area contributed by atoms with Crippen LogP contribution in [0.4, 0.5) is 0 Å². The van der Waals surface area contributed by atoms with Crippen molar-refractivity contribution in [3.05, 3.63) is 35.4 Å². The van der Waals surface area contributed by atoms with Crippen LogP contribution in [-0.4, -0.2) is 30.3 Å². The molecule has 1 heterocycles. The quantitative estimate of drug-likeness (QED) is 0.841. The van der Waals surface area contributed by atoms with E-state index in [2.05, 4.69) is 22.2 Å². The lowest BCUT2D eigenvalue weighted by molar-refractivity contribution is -0.138. The van der Waals surface area contributed by atoms with Gasteiger partial charge in [-0.3, -0.25) is 4.79 Å². The molecule has 2 rings (SSSR count). The number of aliphatic hydroxyl groups excluding tert-OH is 1. The topological polar surface area (TPSA) is 58.6 Å². The monoisotopic (exact) mass is 293 g/mol. The second-order valence-corrected chi connectivity index (χ2v) is 6.21. The van der Waals surface area contributed by atoms with E-state index in [1.165, 1.54) is 18.4 Å². The Morgan fingerprint density at radius 2 is 1.90 bits per heavy atom. The number of carbonyl (C=O) groups is 1. The SMILES string of the molecule is CC(C)(C)OC=O.OCc1ccccc1C1CCNCC1. The molecule has 0 amide bonds. The third-order valence-electron chi connectivity index (χ3n) is 3.41. The van der Waals surface area contributed by atoms with Crippen LogP contribution >= 0.6 is 0 Å². The highest BCUT2D eigenvalue weighted by Crippen LogP contribution is 2.27. The predicted octanol–water partition coefficient (Wildman–Crippen LogP) is 2.60. The summed E-state index contributed by atoms with van der Waals surface area (Å²) in [4.78, 5) is 9.60. The summed E-state index contributed by atoms with van der Waals surface area (Å²) in [7, 11) is 0. The van der Waals surface area contributed by atoms with Crippen molar-refractivity contribution in [1.82, 2.24) is 5.32 Å². The molecule has 0 spiro atoms. The molecule has 1 aliphatic rings. The molecule has 1 aliphatic heterocycles. The average molecular weight is 293 g/mol. The number of hydrogen-bond donors (Lipinski definition) is 2. The molecule has 1 aromatic rings. The first-order valence-corrected chi connectivity index (χ1v) is 7.48. The van der Waals surface area contributed by atoms with E-state index in [-0.39, 0.29) is 12.2 Å². The third kappa shape index (κ3) is 6.74. The Labute approximate surface area is 127 Å². The standard InChI is InChI=1S/C12H17NO.C5H10O2/c14-9-11-3-1-2-4-12(11)10-5-7-13-8-6-10;1-5(2,3)7-4-6/h1-4,10,13-14H,5-9H2;4H,1-3H3. The molecule has 1 aromatic carbocycles. The molecular formula is C17H27NO3. The molecule has 4 heteroatoms. The van der Waals surface area contributed by atoms with Crippen molar-refractivity contribution >= 4 is 6.47 Å². The van der Waals surface area contributed by atoms with Crippen LogP contribution in [0.5, 0.6) is 0 Å².